The number of halogens is 3. The van der Waals surface area contributed by atoms with Gasteiger partial charge in [-0.1, -0.05) is 35.8 Å². The summed E-state index contributed by atoms with van der Waals surface area (Å²) in [6.07, 6.45) is 1.53. The molecule has 2 N–H and O–H groups in total. The summed E-state index contributed by atoms with van der Waals surface area (Å²) in [5, 5.41) is 11.1. The number of fused-ring (bicyclic) bond motifs is 4. The third-order valence-electron chi connectivity index (χ3n) is 7.87. The second kappa shape index (κ2) is 12.5. The zero-order chi connectivity index (χ0) is 33.8. The number of piperazine rings is 1. The van der Waals surface area contributed by atoms with E-state index in [0.29, 0.717) is 36.1 Å². The average molecular weight is 697 g/mol. The highest BCUT2D eigenvalue weighted by atomic mass is 35.5. The highest BCUT2D eigenvalue weighted by Gasteiger charge is 2.49. The molecule has 0 radical (unpaired) electrons. The number of hydrogen-bond donors (Lipinski definition) is 2. The van der Waals surface area contributed by atoms with E-state index in [1.807, 2.05) is 30.8 Å². The Hall–Kier alpha value is -3.69. The van der Waals surface area contributed by atoms with Crippen LogP contribution in [-0.2, 0) is 19.7 Å². The number of aromatic hydroxyl groups is 1. The van der Waals surface area contributed by atoms with Crippen molar-refractivity contribution in [2.75, 3.05) is 56.3 Å². The molecule has 3 aromatic rings. The fourth-order valence-electron chi connectivity index (χ4n) is 6.12. The second-order valence-corrected chi connectivity index (χ2v) is 13.9. The van der Waals surface area contributed by atoms with Crippen LogP contribution in [0.1, 0.15) is 6.92 Å². The Morgan fingerprint density at radius 2 is 1.87 bits per heavy atom. The molecule has 3 aliphatic rings. The fraction of sp³-hybridized carbons (Fsp3) is 0.367. The highest BCUT2D eigenvalue weighted by Crippen LogP contribution is 2.52. The van der Waals surface area contributed by atoms with Gasteiger partial charge < -0.3 is 29.4 Å². The lowest BCUT2D eigenvalue weighted by Crippen LogP contribution is -2.67. The second-order valence-electron chi connectivity index (χ2n) is 11.6. The molecule has 3 atom stereocenters. The standard InChI is InChI=1S/C29H28Cl2FN5O4.CH4O3S/c1-5-21(39)35-13-19-29(40)37-12-15(11-34(3)4)41-28-27(37)26(36(19)10-14(35)2)16-9-18(31)23(24(32)25(16)33-28)22-17(30)7-6-8-20(22)38;1-5(2,3)4/h5-9,14-15,19,38H,1,10-13H2,2-4H3;1H3,(H,2,3,4)/t14-,15-,19-;/m1./s1. The van der Waals surface area contributed by atoms with Crippen LogP contribution >= 0.6 is 23.2 Å². The van der Waals surface area contributed by atoms with Crippen molar-refractivity contribution < 1.29 is 36.8 Å². The number of phenolic OH excluding ortho intramolecular Hbond substituents is 1. The minimum absolute atomic E-state index is 0.0205. The fourth-order valence-corrected chi connectivity index (χ4v) is 6.67. The summed E-state index contributed by atoms with van der Waals surface area (Å²) in [7, 11) is 0.117. The molecular weight excluding hydrogens is 664 g/mol. The van der Waals surface area contributed by atoms with E-state index in [9.17, 15) is 23.1 Å². The van der Waals surface area contributed by atoms with Crippen molar-refractivity contribution in [2.45, 2.75) is 25.1 Å². The third kappa shape index (κ3) is 6.19. The first-order valence-corrected chi connectivity index (χ1v) is 16.7. The van der Waals surface area contributed by atoms with Gasteiger partial charge in [0.05, 0.1) is 35.1 Å². The maximum atomic E-state index is 16.5. The summed E-state index contributed by atoms with van der Waals surface area (Å²) >= 11 is 13.1. The zero-order valence-corrected chi connectivity index (χ0v) is 27.7. The van der Waals surface area contributed by atoms with Gasteiger partial charge in [0.2, 0.25) is 11.8 Å². The van der Waals surface area contributed by atoms with E-state index in [-0.39, 0.29) is 69.3 Å². The average Bonchev–Trinajstić information content (AvgIpc) is 2.95. The number of benzene rings is 2. The number of hydrogen-bond acceptors (Lipinski definition) is 9. The smallest absolute Gasteiger partial charge is 0.261 e. The Kier molecular flexibility index (Phi) is 9.14. The number of likely N-dealkylation sites (N-methyl/N-ethyl adjacent to an activating group) is 1. The monoisotopic (exact) mass is 695 g/mol. The maximum absolute atomic E-state index is 16.5. The molecule has 2 amide bonds. The topological polar surface area (TPSA) is 144 Å². The molecule has 6 rings (SSSR count). The molecule has 2 aromatic carbocycles. The Labute approximate surface area is 275 Å². The van der Waals surface area contributed by atoms with Crippen molar-refractivity contribution in [3.63, 3.8) is 0 Å². The normalized spacial score (nSPS) is 20.5. The van der Waals surface area contributed by atoms with Gasteiger partial charge in [-0.15, -0.1) is 0 Å². The Morgan fingerprint density at radius 1 is 1.20 bits per heavy atom. The molecule has 4 heterocycles. The Morgan fingerprint density at radius 3 is 2.48 bits per heavy atom. The van der Waals surface area contributed by atoms with Crippen molar-refractivity contribution in [3.05, 3.63) is 52.8 Å². The van der Waals surface area contributed by atoms with Gasteiger partial charge in [-0.3, -0.25) is 14.1 Å². The summed E-state index contributed by atoms with van der Waals surface area (Å²) in [4.78, 5) is 38.4. The summed E-state index contributed by atoms with van der Waals surface area (Å²) in [6, 6.07) is 5.10. The summed E-state index contributed by atoms with van der Waals surface area (Å²) in [6.45, 7) is 6.71. The quantitative estimate of drug-likeness (QED) is 0.305. The van der Waals surface area contributed by atoms with E-state index >= 15 is 4.39 Å². The van der Waals surface area contributed by atoms with Crippen LogP contribution in [0.5, 0.6) is 11.6 Å². The summed E-state index contributed by atoms with van der Waals surface area (Å²) < 4.78 is 48.7. The van der Waals surface area contributed by atoms with E-state index in [2.05, 4.69) is 11.6 Å². The third-order valence-corrected chi connectivity index (χ3v) is 8.48. The van der Waals surface area contributed by atoms with Gasteiger partial charge >= 0.3 is 0 Å². The molecule has 12 nitrogen and oxygen atoms in total. The van der Waals surface area contributed by atoms with Crippen molar-refractivity contribution >= 4 is 67.4 Å². The number of carbonyl (C=O) groups excluding carboxylic acids is 2. The van der Waals surface area contributed by atoms with Crippen LogP contribution in [0, 0.1) is 5.82 Å². The van der Waals surface area contributed by atoms with Crippen LogP contribution < -0.4 is 14.5 Å². The van der Waals surface area contributed by atoms with Crippen LogP contribution in [-0.4, -0.2) is 109 Å². The molecule has 3 aliphatic heterocycles. The SMILES string of the molecule is C=CC(=O)N1C[C@@H]2C(=O)N3C[C@@H](CN(C)C)Oc4nc5c(F)c(-c6c(O)cccc6Cl)c(Cl)cc5c(c43)N2C[C@H]1C.CS(=O)(=O)O. The van der Waals surface area contributed by atoms with Crippen LogP contribution in [0.3, 0.4) is 0 Å². The molecule has 246 valence electrons. The molecular formula is C30H32Cl2FN5O7S. The number of carbonyl (C=O) groups is 2. The van der Waals surface area contributed by atoms with Gasteiger partial charge in [-0.2, -0.15) is 8.42 Å². The number of ether oxygens (including phenoxy) is 1. The first-order valence-electron chi connectivity index (χ1n) is 14.1. The van der Waals surface area contributed by atoms with Crippen molar-refractivity contribution in [1.82, 2.24) is 14.8 Å². The molecule has 46 heavy (non-hydrogen) atoms. The minimum atomic E-state index is -3.67. The molecule has 1 saturated heterocycles. The zero-order valence-electron chi connectivity index (χ0n) is 25.4. The van der Waals surface area contributed by atoms with Crippen molar-refractivity contribution in [3.8, 4) is 22.8 Å². The molecule has 0 spiro atoms. The lowest BCUT2D eigenvalue weighted by atomic mass is 9.95. The number of phenols is 1. The summed E-state index contributed by atoms with van der Waals surface area (Å²) in [5.74, 6) is -1.33. The maximum Gasteiger partial charge on any atom is 0.261 e. The predicted molar refractivity (Wildman–Crippen MR) is 174 cm³/mol. The van der Waals surface area contributed by atoms with Crippen molar-refractivity contribution in [2.24, 2.45) is 0 Å². The highest BCUT2D eigenvalue weighted by molar-refractivity contribution is 7.85. The van der Waals surface area contributed by atoms with Gasteiger partial charge in [-0.05, 0) is 45.3 Å². The molecule has 16 heteroatoms. The minimum Gasteiger partial charge on any atom is -0.507 e. The number of aromatic nitrogens is 1. The van der Waals surface area contributed by atoms with E-state index < -0.39 is 28.1 Å². The first kappa shape index (κ1) is 33.7. The van der Waals surface area contributed by atoms with E-state index in [0.717, 1.165) is 0 Å². The van der Waals surface area contributed by atoms with E-state index in [1.165, 1.54) is 18.2 Å². The molecule has 1 fully saturated rings. The van der Waals surface area contributed by atoms with E-state index in [4.69, 9.17) is 32.5 Å². The lowest BCUT2D eigenvalue weighted by Gasteiger charge is -2.52. The number of amides is 2. The van der Waals surface area contributed by atoms with Crippen molar-refractivity contribution in [1.29, 1.82) is 0 Å². The van der Waals surface area contributed by atoms with Crippen LogP contribution in [0.4, 0.5) is 15.8 Å². The van der Waals surface area contributed by atoms with Crippen LogP contribution in [0.2, 0.25) is 10.0 Å². The number of nitrogens with zero attached hydrogens (tertiary/aromatic N) is 5. The molecule has 0 unspecified atom stereocenters. The molecule has 0 saturated carbocycles. The number of rotatable bonds is 4. The largest absolute Gasteiger partial charge is 0.507 e. The first-order chi connectivity index (χ1) is 21.5. The predicted octanol–water partition coefficient (Wildman–Crippen LogP) is 3.82. The van der Waals surface area contributed by atoms with Crippen LogP contribution in [0.15, 0.2) is 36.9 Å². The van der Waals surface area contributed by atoms with Gasteiger partial charge in [0.15, 0.2) is 5.82 Å². The van der Waals surface area contributed by atoms with E-state index in [1.54, 1.807) is 21.9 Å². The Balaban J connectivity index is 0.000000775. The Bertz CT molecular complexity index is 1850. The lowest BCUT2D eigenvalue weighted by molar-refractivity contribution is -0.131. The molecule has 1 aromatic heterocycles. The van der Waals surface area contributed by atoms with Gasteiger partial charge in [0, 0.05) is 35.6 Å². The number of anilines is 2. The van der Waals surface area contributed by atoms with Gasteiger partial charge in [0.1, 0.15) is 29.1 Å². The van der Waals surface area contributed by atoms with Crippen LogP contribution in [0.25, 0.3) is 22.0 Å². The molecule has 0 aliphatic carbocycles. The van der Waals surface area contributed by atoms with Gasteiger partial charge in [0.25, 0.3) is 16.0 Å². The summed E-state index contributed by atoms with van der Waals surface area (Å²) in [5.41, 5.74) is 0.948. The molecule has 0 bridgehead atoms. The van der Waals surface area contributed by atoms with Gasteiger partial charge in [-0.25, -0.2) is 9.37 Å². The number of pyridine rings is 1.